The van der Waals surface area contributed by atoms with E-state index in [2.05, 4.69) is 15.2 Å². The summed E-state index contributed by atoms with van der Waals surface area (Å²) in [5, 5.41) is 11.4. The molecule has 2 aromatic heterocycles. The third-order valence-corrected chi connectivity index (χ3v) is 5.65. The summed E-state index contributed by atoms with van der Waals surface area (Å²) in [5.74, 6) is 2.15. The van der Waals surface area contributed by atoms with E-state index >= 15 is 0 Å². The molecule has 5 nitrogen and oxygen atoms in total. The highest BCUT2D eigenvalue weighted by atomic mass is 32.1. The zero-order chi connectivity index (χ0) is 17.2. The molecule has 0 atom stereocenters. The Bertz CT molecular complexity index is 862. The monoisotopic (exact) mass is 352 g/mol. The summed E-state index contributed by atoms with van der Waals surface area (Å²) < 4.78 is 0. The van der Waals surface area contributed by atoms with E-state index in [4.69, 9.17) is 0 Å². The van der Waals surface area contributed by atoms with Crippen LogP contribution in [0.5, 0.6) is 0 Å². The second kappa shape index (κ2) is 6.80. The van der Waals surface area contributed by atoms with E-state index < -0.39 is 0 Å². The van der Waals surface area contributed by atoms with Crippen molar-refractivity contribution in [3.8, 4) is 11.4 Å². The number of aryl methyl sites for hydroxylation is 1. The third-order valence-electron chi connectivity index (χ3n) is 4.79. The van der Waals surface area contributed by atoms with Crippen LogP contribution in [0.1, 0.15) is 40.5 Å². The van der Waals surface area contributed by atoms with Crippen LogP contribution in [0.25, 0.3) is 11.4 Å². The van der Waals surface area contributed by atoms with Gasteiger partial charge >= 0.3 is 0 Å². The molecule has 1 aliphatic rings. The Morgan fingerprint density at radius 2 is 1.96 bits per heavy atom. The lowest BCUT2D eigenvalue weighted by Crippen LogP contribution is -2.38. The Balaban J connectivity index is 1.42. The van der Waals surface area contributed by atoms with Crippen LogP contribution in [-0.4, -0.2) is 39.1 Å². The van der Waals surface area contributed by atoms with Crippen molar-refractivity contribution in [2.75, 3.05) is 13.1 Å². The van der Waals surface area contributed by atoms with Gasteiger partial charge in [0, 0.05) is 30.0 Å². The predicted octanol–water partition coefficient (Wildman–Crippen LogP) is 3.86. The van der Waals surface area contributed by atoms with Crippen molar-refractivity contribution < 1.29 is 4.79 Å². The Morgan fingerprint density at radius 3 is 2.64 bits per heavy atom. The molecule has 0 saturated carbocycles. The summed E-state index contributed by atoms with van der Waals surface area (Å²) in [6.07, 6.45) is 1.83. The van der Waals surface area contributed by atoms with Crippen LogP contribution in [0, 0.1) is 6.92 Å². The third kappa shape index (κ3) is 3.22. The molecule has 0 spiro atoms. The highest BCUT2D eigenvalue weighted by molar-refractivity contribution is 7.08. The number of thiophene rings is 1. The van der Waals surface area contributed by atoms with Crippen LogP contribution >= 0.6 is 11.3 Å². The summed E-state index contributed by atoms with van der Waals surface area (Å²) in [5.41, 5.74) is 2.93. The Morgan fingerprint density at radius 1 is 1.20 bits per heavy atom. The van der Waals surface area contributed by atoms with Gasteiger partial charge in [-0.1, -0.05) is 30.3 Å². The molecule has 3 aromatic rings. The topological polar surface area (TPSA) is 61.9 Å². The van der Waals surface area contributed by atoms with E-state index in [0.29, 0.717) is 5.92 Å². The van der Waals surface area contributed by atoms with E-state index in [1.54, 1.807) is 11.3 Å². The second-order valence-electron chi connectivity index (χ2n) is 6.45. The van der Waals surface area contributed by atoms with Crippen molar-refractivity contribution in [2.24, 2.45) is 0 Å². The molecule has 128 valence electrons. The fourth-order valence-corrected chi connectivity index (χ4v) is 4.10. The smallest absolute Gasteiger partial charge is 0.254 e. The molecule has 1 aliphatic heterocycles. The van der Waals surface area contributed by atoms with Gasteiger partial charge in [0.15, 0.2) is 5.82 Å². The molecule has 1 amide bonds. The van der Waals surface area contributed by atoms with Gasteiger partial charge in [0.25, 0.3) is 5.91 Å². The first-order valence-corrected chi connectivity index (χ1v) is 9.46. The summed E-state index contributed by atoms with van der Waals surface area (Å²) in [4.78, 5) is 19.2. The van der Waals surface area contributed by atoms with Crippen LogP contribution < -0.4 is 0 Å². The molecule has 0 unspecified atom stereocenters. The summed E-state index contributed by atoms with van der Waals surface area (Å²) >= 11 is 1.59. The number of carbonyl (C=O) groups is 1. The molecule has 0 radical (unpaired) electrons. The normalized spacial score (nSPS) is 15.5. The first kappa shape index (κ1) is 16.0. The van der Waals surface area contributed by atoms with Crippen molar-refractivity contribution in [3.63, 3.8) is 0 Å². The van der Waals surface area contributed by atoms with Gasteiger partial charge in [0.05, 0.1) is 5.56 Å². The molecule has 0 bridgehead atoms. The summed E-state index contributed by atoms with van der Waals surface area (Å²) in [6.45, 7) is 3.52. The van der Waals surface area contributed by atoms with Gasteiger partial charge in [-0.2, -0.15) is 16.4 Å². The first-order chi connectivity index (χ1) is 12.2. The second-order valence-corrected chi connectivity index (χ2v) is 7.19. The number of nitrogens with zero attached hydrogens (tertiary/aromatic N) is 3. The average Bonchev–Trinajstić information content (AvgIpc) is 3.31. The van der Waals surface area contributed by atoms with Crippen LogP contribution in [0.2, 0.25) is 0 Å². The van der Waals surface area contributed by atoms with Crippen molar-refractivity contribution in [2.45, 2.75) is 25.7 Å². The zero-order valence-electron chi connectivity index (χ0n) is 14.1. The standard InChI is InChI=1S/C19H20N4OS/c1-13-11-25-12-16(13)19(24)23-9-7-15(8-10-23)18-20-17(21-22-18)14-5-3-2-4-6-14/h2-6,11-12,15H,7-10H2,1H3,(H,20,21,22). The number of piperidine rings is 1. The van der Waals surface area contributed by atoms with Gasteiger partial charge in [-0.25, -0.2) is 4.98 Å². The van der Waals surface area contributed by atoms with E-state index in [9.17, 15) is 4.79 Å². The molecule has 25 heavy (non-hydrogen) atoms. The minimum absolute atomic E-state index is 0.153. The number of aromatic amines is 1. The van der Waals surface area contributed by atoms with Crippen molar-refractivity contribution >= 4 is 17.2 Å². The van der Waals surface area contributed by atoms with E-state index in [0.717, 1.165) is 54.3 Å². The average molecular weight is 352 g/mol. The number of hydrogen-bond donors (Lipinski definition) is 1. The summed E-state index contributed by atoms with van der Waals surface area (Å²) in [6, 6.07) is 9.98. The van der Waals surface area contributed by atoms with E-state index in [1.165, 1.54) is 0 Å². The number of H-pyrrole nitrogens is 1. The molecule has 4 rings (SSSR count). The molecule has 6 heteroatoms. The Kier molecular flexibility index (Phi) is 4.36. The summed E-state index contributed by atoms with van der Waals surface area (Å²) in [7, 11) is 0. The highest BCUT2D eigenvalue weighted by Crippen LogP contribution is 2.28. The number of amides is 1. The molecule has 0 aliphatic carbocycles. The number of benzene rings is 1. The Hall–Kier alpha value is -2.47. The number of hydrogen-bond acceptors (Lipinski definition) is 4. The quantitative estimate of drug-likeness (QED) is 0.778. The molecule has 1 fully saturated rings. The zero-order valence-corrected chi connectivity index (χ0v) is 14.9. The minimum atomic E-state index is 0.153. The maximum absolute atomic E-state index is 12.6. The van der Waals surface area contributed by atoms with E-state index in [1.807, 2.05) is 52.9 Å². The van der Waals surface area contributed by atoms with Crippen LogP contribution in [-0.2, 0) is 0 Å². The largest absolute Gasteiger partial charge is 0.339 e. The molecule has 1 saturated heterocycles. The maximum Gasteiger partial charge on any atom is 0.254 e. The molecular formula is C19H20N4OS. The first-order valence-electron chi connectivity index (χ1n) is 8.52. The van der Waals surface area contributed by atoms with Gasteiger partial charge in [-0.05, 0) is 30.7 Å². The molecular weight excluding hydrogens is 332 g/mol. The van der Waals surface area contributed by atoms with Gasteiger partial charge < -0.3 is 4.90 Å². The molecule has 1 aromatic carbocycles. The predicted molar refractivity (Wildman–Crippen MR) is 98.8 cm³/mol. The van der Waals surface area contributed by atoms with Crippen molar-refractivity contribution in [1.82, 2.24) is 20.1 Å². The number of rotatable bonds is 3. The lowest BCUT2D eigenvalue weighted by atomic mass is 9.95. The number of nitrogens with one attached hydrogen (secondary N) is 1. The van der Waals surface area contributed by atoms with Crippen LogP contribution in [0.4, 0.5) is 0 Å². The van der Waals surface area contributed by atoms with Gasteiger partial charge in [0.1, 0.15) is 5.82 Å². The number of aromatic nitrogens is 3. The highest BCUT2D eigenvalue weighted by Gasteiger charge is 2.27. The maximum atomic E-state index is 12.6. The Labute approximate surface area is 150 Å². The SMILES string of the molecule is Cc1cscc1C(=O)N1CCC(c2nc(-c3ccccc3)n[nH]2)CC1. The van der Waals surface area contributed by atoms with Crippen LogP contribution in [0.3, 0.4) is 0 Å². The van der Waals surface area contributed by atoms with Gasteiger partial charge in [-0.3, -0.25) is 9.89 Å². The fraction of sp³-hybridized carbons (Fsp3) is 0.316. The lowest BCUT2D eigenvalue weighted by Gasteiger charge is -2.31. The minimum Gasteiger partial charge on any atom is -0.339 e. The van der Waals surface area contributed by atoms with Gasteiger partial charge in [-0.15, -0.1) is 0 Å². The fourth-order valence-electron chi connectivity index (χ4n) is 3.28. The number of likely N-dealkylation sites (tertiary alicyclic amines) is 1. The van der Waals surface area contributed by atoms with Gasteiger partial charge in [0.2, 0.25) is 0 Å². The lowest BCUT2D eigenvalue weighted by molar-refractivity contribution is 0.0711. The van der Waals surface area contributed by atoms with E-state index in [-0.39, 0.29) is 5.91 Å². The number of carbonyl (C=O) groups excluding carboxylic acids is 1. The molecule has 3 heterocycles. The van der Waals surface area contributed by atoms with Crippen molar-refractivity contribution in [1.29, 1.82) is 0 Å². The molecule has 1 N–H and O–H groups in total. The van der Waals surface area contributed by atoms with Crippen molar-refractivity contribution in [3.05, 3.63) is 58.0 Å². The van der Waals surface area contributed by atoms with Crippen LogP contribution in [0.15, 0.2) is 41.1 Å².